The fraction of sp³-hybridized carbons (Fsp3) is 0.531. The van der Waals surface area contributed by atoms with Crippen molar-refractivity contribution in [3.05, 3.63) is 75.4 Å². The molecule has 1 fully saturated rings. The summed E-state index contributed by atoms with van der Waals surface area (Å²) in [6, 6.07) is 1.92. The monoisotopic (exact) mass is 579 g/mol. The highest BCUT2D eigenvalue weighted by Gasteiger charge is 2.50. The predicted molar refractivity (Wildman–Crippen MR) is 151 cm³/mol. The number of nitrogens with zero attached hydrogens (tertiary/aromatic N) is 1. The molecule has 1 nitrogen and oxygen atoms in total. The van der Waals surface area contributed by atoms with Crippen LogP contribution in [0.2, 0.25) is 0 Å². The fourth-order valence-corrected chi connectivity index (χ4v) is 8.07. The lowest BCUT2D eigenvalue weighted by Gasteiger charge is -2.43. The molecule has 1 aromatic rings. The number of benzene rings is 1. The van der Waals surface area contributed by atoms with Crippen molar-refractivity contribution < 1.29 is 26.3 Å². The number of allylic oxidation sites excluding steroid dienone is 6. The molecule has 8 heteroatoms. The standard InChI is InChI=1S/C32H35F6NS/c1-3-4-5-6-7-8-14-39-23-12-13-26-24-10-9-11-25(24)28-19-29(40-30(28,2)27(26)18-23)20-15-21(31(33,34)35)17-22(16-20)32(36,37)38/h12-13,15-17,19,27H,3-11,14,18H2,1-2H3. The van der Waals surface area contributed by atoms with E-state index >= 15 is 0 Å². The van der Waals surface area contributed by atoms with Gasteiger partial charge >= 0.3 is 12.4 Å². The molecule has 0 N–H and O–H groups in total. The first-order valence-electron chi connectivity index (χ1n) is 14.3. The van der Waals surface area contributed by atoms with Crippen LogP contribution >= 0.6 is 11.8 Å². The van der Waals surface area contributed by atoms with Gasteiger partial charge in [0.15, 0.2) is 0 Å². The van der Waals surface area contributed by atoms with Gasteiger partial charge in [0.05, 0.1) is 15.9 Å². The second-order valence-electron chi connectivity index (χ2n) is 11.4. The Hall–Kier alpha value is -2.22. The van der Waals surface area contributed by atoms with Crippen molar-refractivity contribution in [1.82, 2.24) is 0 Å². The number of hydrogen-bond donors (Lipinski definition) is 0. The van der Waals surface area contributed by atoms with Gasteiger partial charge in [0, 0.05) is 23.1 Å². The number of rotatable bonds is 8. The number of halogens is 6. The normalized spacial score (nSPS) is 25.4. The van der Waals surface area contributed by atoms with Gasteiger partial charge in [0.1, 0.15) is 0 Å². The van der Waals surface area contributed by atoms with E-state index in [0.29, 0.717) is 4.91 Å². The maximum atomic E-state index is 13.6. The first-order chi connectivity index (χ1) is 18.9. The highest BCUT2D eigenvalue weighted by atomic mass is 32.2. The Bertz CT molecular complexity index is 1280. The van der Waals surface area contributed by atoms with Crippen LogP contribution in [0.3, 0.4) is 0 Å². The van der Waals surface area contributed by atoms with Crippen LogP contribution in [0, 0.1) is 5.92 Å². The molecular formula is C32H35F6NS. The predicted octanol–water partition coefficient (Wildman–Crippen LogP) is 10.7. The van der Waals surface area contributed by atoms with Crippen LogP contribution in [0.5, 0.6) is 0 Å². The van der Waals surface area contributed by atoms with E-state index in [2.05, 4.69) is 26.0 Å². The third kappa shape index (κ3) is 5.75. The summed E-state index contributed by atoms with van der Waals surface area (Å²) in [4.78, 5) is 5.36. The molecule has 2 unspecified atom stereocenters. The molecule has 2 atom stereocenters. The molecule has 1 saturated carbocycles. The first-order valence-corrected chi connectivity index (χ1v) is 15.1. The minimum Gasteiger partial charge on any atom is -0.290 e. The highest BCUT2D eigenvalue weighted by molar-refractivity contribution is 8.10. The lowest BCUT2D eigenvalue weighted by atomic mass is 9.68. The van der Waals surface area contributed by atoms with Crippen molar-refractivity contribution in [2.75, 3.05) is 6.54 Å². The smallest absolute Gasteiger partial charge is 0.290 e. The number of fused-ring (bicyclic) bond motifs is 4. The molecular weight excluding hydrogens is 544 g/mol. The summed E-state index contributed by atoms with van der Waals surface area (Å²) in [5.41, 5.74) is 3.30. The quantitative estimate of drug-likeness (QED) is 0.220. The maximum Gasteiger partial charge on any atom is 0.416 e. The Labute approximate surface area is 236 Å². The molecule has 0 amide bonds. The third-order valence-corrected chi connectivity index (χ3v) is 10.1. The van der Waals surface area contributed by atoms with E-state index in [4.69, 9.17) is 4.99 Å². The Morgan fingerprint density at radius 1 is 0.875 bits per heavy atom. The Morgan fingerprint density at radius 3 is 2.20 bits per heavy atom. The number of hydrogen-bond acceptors (Lipinski definition) is 2. The SMILES string of the molecule is CCCCCCCCN=C1C=CC2=C3CCCC3=C3C=C(c4cc(C(F)(F)F)cc(C(F)(F)F)c4)SC3(C)C2C1. The molecule has 1 aliphatic heterocycles. The Morgan fingerprint density at radius 2 is 1.52 bits per heavy atom. The number of aliphatic imine (C=N–C) groups is 1. The maximum absolute atomic E-state index is 13.6. The van der Waals surface area contributed by atoms with Gasteiger partial charge in [-0.15, -0.1) is 11.8 Å². The van der Waals surface area contributed by atoms with Crippen molar-refractivity contribution in [1.29, 1.82) is 0 Å². The summed E-state index contributed by atoms with van der Waals surface area (Å²) in [6.07, 6.45) is 7.11. The second kappa shape index (κ2) is 11.2. The van der Waals surface area contributed by atoms with Gasteiger partial charge in [-0.05, 0) is 97.2 Å². The van der Waals surface area contributed by atoms with Crippen LogP contribution in [0.1, 0.15) is 94.7 Å². The summed E-state index contributed by atoms with van der Waals surface area (Å²) in [5, 5.41) is 0. The van der Waals surface area contributed by atoms with E-state index in [1.807, 2.05) is 6.08 Å². The van der Waals surface area contributed by atoms with Gasteiger partial charge < -0.3 is 0 Å². The molecule has 4 aliphatic rings. The lowest BCUT2D eigenvalue weighted by Crippen LogP contribution is -2.38. The average Bonchev–Trinajstić information content (AvgIpc) is 3.52. The molecule has 1 heterocycles. The Balaban J connectivity index is 1.45. The second-order valence-corrected chi connectivity index (χ2v) is 12.9. The zero-order valence-electron chi connectivity index (χ0n) is 22.9. The zero-order chi connectivity index (χ0) is 28.7. The summed E-state index contributed by atoms with van der Waals surface area (Å²) >= 11 is 1.41. The minimum atomic E-state index is -4.87. The van der Waals surface area contributed by atoms with Gasteiger partial charge in [-0.25, -0.2) is 0 Å². The first kappa shape index (κ1) is 29.3. The number of alkyl halides is 6. The summed E-state index contributed by atoms with van der Waals surface area (Å²) in [7, 11) is 0. The van der Waals surface area contributed by atoms with E-state index < -0.39 is 28.2 Å². The molecule has 5 rings (SSSR count). The molecule has 40 heavy (non-hydrogen) atoms. The average molecular weight is 580 g/mol. The van der Waals surface area contributed by atoms with Crippen LogP contribution in [0.25, 0.3) is 4.91 Å². The van der Waals surface area contributed by atoms with Crippen molar-refractivity contribution in [3.63, 3.8) is 0 Å². The van der Waals surface area contributed by atoms with Crippen LogP contribution in [0.15, 0.2) is 63.7 Å². The van der Waals surface area contributed by atoms with E-state index in [0.717, 1.165) is 68.5 Å². The fourth-order valence-electron chi connectivity index (χ4n) is 6.56. The van der Waals surface area contributed by atoms with Crippen molar-refractivity contribution in [3.8, 4) is 0 Å². The van der Waals surface area contributed by atoms with Crippen LogP contribution in [0.4, 0.5) is 26.3 Å². The van der Waals surface area contributed by atoms with E-state index in [-0.39, 0.29) is 17.5 Å². The molecule has 3 aliphatic carbocycles. The third-order valence-electron chi connectivity index (χ3n) is 8.63. The summed E-state index contributed by atoms with van der Waals surface area (Å²) in [6.45, 7) is 5.08. The zero-order valence-corrected chi connectivity index (χ0v) is 23.8. The Kier molecular flexibility index (Phi) is 8.21. The van der Waals surface area contributed by atoms with Crippen LogP contribution < -0.4 is 0 Å². The molecule has 1 aromatic carbocycles. The molecule has 0 aromatic heterocycles. The van der Waals surface area contributed by atoms with Gasteiger partial charge in [-0.1, -0.05) is 45.1 Å². The lowest BCUT2D eigenvalue weighted by molar-refractivity contribution is -0.143. The number of thioether (sulfide) groups is 1. The van der Waals surface area contributed by atoms with E-state index in [9.17, 15) is 26.3 Å². The summed E-state index contributed by atoms with van der Waals surface area (Å²) in [5.74, 6) is 0.0688. The van der Waals surface area contributed by atoms with Crippen LogP contribution in [-0.2, 0) is 12.4 Å². The van der Waals surface area contributed by atoms with Crippen molar-refractivity contribution in [2.24, 2.45) is 10.9 Å². The molecule has 216 valence electrons. The molecule has 0 radical (unpaired) electrons. The van der Waals surface area contributed by atoms with Gasteiger partial charge in [0.2, 0.25) is 0 Å². The highest BCUT2D eigenvalue weighted by Crippen LogP contribution is 2.63. The number of unbranched alkanes of at least 4 members (excludes halogenated alkanes) is 5. The minimum absolute atomic E-state index is 0.0275. The largest absolute Gasteiger partial charge is 0.416 e. The van der Waals surface area contributed by atoms with Gasteiger partial charge in [-0.3, -0.25) is 4.99 Å². The molecule has 0 saturated heterocycles. The van der Waals surface area contributed by atoms with E-state index in [1.54, 1.807) is 0 Å². The summed E-state index contributed by atoms with van der Waals surface area (Å²) < 4.78 is 81.2. The van der Waals surface area contributed by atoms with Gasteiger partial charge in [-0.2, -0.15) is 26.3 Å². The van der Waals surface area contributed by atoms with Crippen molar-refractivity contribution in [2.45, 2.75) is 95.2 Å². The topological polar surface area (TPSA) is 12.4 Å². The van der Waals surface area contributed by atoms with E-state index in [1.165, 1.54) is 54.2 Å². The van der Waals surface area contributed by atoms with Gasteiger partial charge in [0.25, 0.3) is 0 Å². The molecule has 0 spiro atoms. The molecule has 0 bridgehead atoms. The van der Waals surface area contributed by atoms with Crippen LogP contribution in [-0.4, -0.2) is 17.0 Å². The van der Waals surface area contributed by atoms with Crippen molar-refractivity contribution >= 4 is 22.4 Å².